The Morgan fingerprint density at radius 2 is 2.06 bits per heavy atom. The normalized spacial score (nSPS) is 16.0. The number of benzene rings is 2. The van der Waals surface area contributed by atoms with Crippen molar-refractivity contribution in [2.24, 2.45) is 4.99 Å². The molecule has 1 amide bonds. The maximum atomic E-state index is 13.9. The van der Waals surface area contributed by atoms with Crippen LogP contribution >= 0.6 is 0 Å². The Morgan fingerprint density at radius 3 is 2.81 bits per heavy atom. The van der Waals surface area contributed by atoms with Gasteiger partial charge in [-0.05, 0) is 55.2 Å². The molecule has 2 aromatic carbocycles. The number of aliphatic imine (C=N–C) groups is 1. The third kappa shape index (κ3) is 5.37. The molecule has 1 saturated heterocycles. The van der Waals surface area contributed by atoms with Crippen LogP contribution in [0, 0.1) is 5.82 Å². The van der Waals surface area contributed by atoms with Crippen molar-refractivity contribution in [1.82, 2.24) is 10.6 Å². The molecule has 0 aromatic heterocycles. The molecular formula is C24H29FN4O3. The number of carbonyl (C=O) groups is 1. The Morgan fingerprint density at radius 1 is 1.22 bits per heavy atom. The van der Waals surface area contributed by atoms with E-state index in [4.69, 9.17) is 9.47 Å². The van der Waals surface area contributed by atoms with Gasteiger partial charge in [0.15, 0.2) is 12.8 Å². The highest BCUT2D eigenvalue weighted by molar-refractivity contribution is 5.95. The van der Waals surface area contributed by atoms with Gasteiger partial charge < -0.3 is 25.0 Å². The van der Waals surface area contributed by atoms with Crippen LogP contribution in [0.15, 0.2) is 41.4 Å². The summed E-state index contributed by atoms with van der Waals surface area (Å²) in [5, 5.41) is 6.54. The van der Waals surface area contributed by atoms with Crippen LogP contribution < -0.4 is 20.3 Å². The van der Waals surface area contributed by atoms with Crippen LogP contribution in [0.4, 0.5) is 10.1 Å². The van der Waals surface area contributed by atoms with E-state index in [0.717, 1.165) is 47.6 Å². The SMILES string of the molecule is CCNC(=NCc1ccc(N2CCCC2=O)cc1)NCCc1cc(F)cc2c1OCOC2. The van der Waals surface area contributed by atoms with Crippen LogP contribution in [0.3, 0.4) is 0 Å². The molecule has 0 atom stereocenters. The number of rotatable bonds is 7. The summed E-state index contributed by atoms with van der Waals surface area (Å²) in [5.41, 5.74) is 3.56. The van der Waals surface area contributed by atoms with Gasteiger partial charge in [0.2, 0.25) is 5.91 Å². The lowest BCUT2D eigenvalue weighted by molar-refractivity contribution is -0.117. The van der Waals surface area contributed by atoms with E-state index >= 15 is 0 Å². The van der Waals surface area contributed by atoms with Crippen molar-refractivity contribution in [2.75, 3.05) is 31.3 Å². The minimum Gasteiger partial charge on any atom is -0.467 e. The van der Waals surface area contributed by atoms with Crippen molar-refractivity contribution in [3.8, 4) is 5.75 Å². The number of hydrogen-bond donors (Lipinski definition) is 2. The van der Waals surface area contributed by atoms with Crippen molar-refractivity contribution in [3.05, 3.63) is 58.9 Å². The molecule has 0 aliphatic carbocycles. The fourth-order valence-corrected chi connectivity index (χ4v) is 3.97. The van der Waals surface area contributed by atoms with Crippen LogP contribution in [0.1, 0.15) is 36.5 Å². The third-order valence-corrected chi connectivity index (χ3v) is 5.52. The summed E-state index contributed by atoms with van der Waals surface area (Å²) in [6.07, 6.45) is 2.14. The van der Waals surface area contributed by atoms with Gasteiger partial charge >= 0.3 is 0 Å². The van der Waals surface area contributed by atoms with Crippen molar-refractivity contribution >= 4 is 17.6 Å². The largest absolute Gasteiger partial charge is 0.467 e. The first-order valence-corrected chi connectivity index (χ1v) is 11.1. The molecule has 170 valence electrons. The molecular weight excluding hydrogens is 411 g/mol. The van der Waals surface area contributed by atoms with Crippen molar-refractivity contribution in [2.45, 2.75) is 39.3 Å². The average Bonchev–Trinajstić information content (AvgIpc) is 3.23. The van der Waals surface area contributed by atoms with E-state index < -0.39 is 0 Å². The van der Waals surface area contributed by atoms with Crippen molar-refractivity contribution in [3.63, 3.8) is 0 Å². The highest BCUT2D eigenvalue weighted by Crippen LogP contribution is 2.29. The topological polar surface area (TPSA) is 75.2 Å². The second kappa shape index (κ2) is 10.5. The van der Waals surface area contributed by atoms with Crippen LogP contribution in [-0.4, -0.2) is 38.3 Å². The lowest BCUT2D eigenvalue weighted by Gasteiger charge is -2.21. The van der Waals surface area contributed by atoms with E-state index in [1.54, 1.807) is 0 Å². The molecule has 0 spiro atoms. The molecule has 8 heteroatoms. The number of guanidine groups is 1. The highest BCUT2D eigenvalue weighted by Gasteiger charge is 2.21. The summed E-state index contributed by atoms with van der Waals surface area (Å²) in [4.78, 5) is 18.4. The summed E-state index contributed by atoms with van der Waals surface area (Å²) in [6.45, 7) is 5.18. The molecule has 4 rings (SSSR count). The zero-order valence-corrected chi connectivity index (χ0v) is 18.3. The lowest BCUT2D eigenvalue weighted by Crippen LogP contribution is -2.38. The molecule has 32 heavy (non-hydrogen) atoms. The predicted octanol–water partition coefficient (Wildman–Crippen LogP) is 3.12. The Labute approximate surface area is 187 Å². The summed E-state index contributed by atoms with van der Waals surface area (Å²) in [6, 6.07) is 10.9. The van der Waals surface area contributed by atoms with Gasteiger partial charge in [-0.3, -0.25) is 4.79 Å². The fraction of sp³-hybridized carbons (Fsp3) is 0.417. The smallest absolute Gasteiger partial charge is 0.227 e. The van der Waals surface area contributed by atoms with Gasteiger partial charge in [0, 0.05) is 37.3 Å². The number of ether oxygens (including phenoxy) is 2. The zero-order chi connectivity index (χ0) is 22.3. The summed E-state index contributed by atoms with van der Waals surface area (Å²) < 4.78 is 24.8. The number of anilines is 1. The Balaban J connectivity index is 1.35. The number of amides is 1. The van der Waals surface area contributed by atoms with E-state index in [9.17, 15) is 9.18 Å². The molecule has 2 N–H and O–H groups in total. The van der Waals surface area contributed by atoms with E-state index in [2.05, 4.69) is 15.6 Å². The Bertz CT molecular complexity index is 978. The number of fused-ring (bicyclic) bond motifs is 1. The summed E-state index contributed by atoms with van der Waals surface area (Å²) >= 11 is 0. The van der Waals surface area contributed by atoms with Gasteiger partial charge in [0.25, 0.3) is 0 Å². The monoisotopic (exact) mass is 440 g/mol. The van der Waals surface area contributed by atoms with Crippen LogP contribution in [-0.2, 0) is 29.1 Å². The molecule has 2 aliphatic rings. The van der Waals surface area contributed by atoms with Gasteiger partial charge in [-0.1, -0.05) is 12.1 Å². The molecule has 0 saturated carbocycles. The fourth-order valence-electron chi connectivity index (χ4n) is 3.97. The molecule has 7 nitrogen and oxygen atoms in total. The zero-order valence-electron chi connectivity index (χ0n) is 18.3. The lowest BCUT2D eigenvalue weighted by atomic mass is 10.1. The van der Waals surface area contributed by atoms with Gasteiger partial charge in [-0.15, -0.1) is 0 Å². The van der Waals surface area contributed by atoms with Crippen LogP contribution in [0.25, 0.3) is 0 Å². The average molecular weight is 441 g/mol. The third-order valence-electron chi connectivity index (χ3n) is 5.52. The standard InChI is InChI=1S/C24H29FN4O3/c1-2-26-24(27-10-9-18-12-20(25)13-19-15-31-16-32-23(18)19)28-14-17-5-7-21(8-6-17)29-11-3-4-22(29)30/h5-8,12-13H,2-4,9-11,14-16H2,1H3,(H2,26,27,28). The molecule has 0 radical (unpaired) electrons. The summed E-state index contributed by atoms with van der Waals surface area (Å²) in [7, 11) is 0. The molecule has 2 aromatic rings. The molecule has 2 aliphatic heterocycles. The summed E-state index contributed by atoms with van der Waals surface area (Å²) in [5.74, 6) is 1.32. The van der Waals surface area contributed by atoms with Crippen molar-refractivity contribution < 1.29 is 18.7 Å². The molecule has 1 fully saturated rings. The van der Waals surface area contributed by atoms with Crippen molar-refractivity contribution in [1.29, 1.82) is 0 Å². The maximum absolute atomic E-state index is 13.9. The Kier molecular flexibility index (Phi) is 7.21. The number of carbonyl (C=O) groups excluding carboxylic acids is 1. The first kappa shape index (κ1) is 22.1. The predicted molar refractivity (Wildman–Crippen MR) is 121 cm³/mol. The first-order valence-electron chi connectivity index (χ1n) is 11.1. The number of halogens is 1. The Hall–Kier alpha value is -3.13. The minimum atomic E-state index is -0.285. The van der Waals surface area contributed by atoms with E-state index in [1.807, 2.05) is 36.1 Å². The minimum absolute atomic E-state index is 0.187. The van der Waals surface area contributed by atoms with E-state index in [0.29, 0.717) is 38.5 Å². The van der Waals surface area contributed by atoms with Gasteiger partial charge in [-0.25, -0.2) is 9.38 Å². The molecule has 2 heterocycles. The van der Waals surface area contributed by atoms with Crippen LogP contribution in [0.5, 0.6) is 5.75 Å². The molecule has 0 unspecified atom stereocenters. The highest BCUT2D eigenvalue weighted by atomic mass is 19.1. The van der Waals surface area contributed by atoms with E-state index in [1.165, 1.54) is 12.1 Å². The quantitative estimate of drug-likeness (QED) is 0.511. The first-order chi connectivity index (χ1) is 15.6. The van der Waals surface area contributed by atoms with E-state index in [-0.39, 0.29) is 18.5 Å². The van der Waals surface area contributed by atoms with Gasteiger partial charge in [0.1, 0.15) is 11.6 Å². The van der Waals surface area contributed by atoms with Crippen LogP contribution in [0.2, 0.25) is 0 Å². The molecule has 0 bridgehead atoms. The van der Waals surface area contributed by atoms with Gasteiger partial charge in [-0.2, -0.15) is 0 Å². The maximum Gasteiger partial charge on any atom is 0.227 e. The number of nitrogens with zero attached hydrogens (tertiary/aromatic N) is 2. The number of nitrogens with one attached hydrogen (secondary N) is 2. The second-order valence-electron chi connectivity index (χ2n) is 7.85. The number of hydrogen-bond acceptors (Lipinski definition) is 4. The van der Waals surface area contributed by atoms with Gasteiger partial charge in [0.05, 0.1) is 13.2 Å². The second-order valence-corrected chi connectivity index (χ2v) is 7.85.